The lowest BCUT2D eigenvalue weighted by Crippen LogP contribution is -2.46. The molecule has 6 atom stereocenters. The van der Waals surface area contributed by atoms with Crippen molar-refractivity contribution in [3.63, 3.8) is 0 Å². The van der Waals surface area contributed by atoms with Crippen molar-refractivity contribution in [2.24, 2.45) is 5.92 Å². The number of carbonyl (C=O) groups excluding carboxylic acids is 3. The maximum atomic E-state index is 12.6. The van der Waals surface area contributed by atoms with Gasteiger partial charge < -0.3 is 18.9 Å². The second kappa shape index (κ2) is 7.78. The van der Waals surface area contributed by atoms with Crippen molar-refractivity contribution < 1.29 is 33.3 Å². The van der Waals surface area contributed by atoms with Gasteiger partial charge >= 0.3 is 17.9 Å². The number of rotatable bonds is 3. The summed E-state index contributed by atoms with van der Waals surface area (Å²) in [6.07, 6.45) is 2.21. The van der Waals surface area contributed by atoms with Crippen LogP contribution in [0.4, 0.5) is 0 Å². The van der Waals surface area contributed by atoms with Gasteiger partial charge in [-0.3, -0.25) is 4.79 Å². The van der Waals surface area contributed by atoms with Crippen molar-refractivity contribution in [1.29, 1.82) is 0 Å². The fourth-order valence-corrected chi connectivity index (χ4v) is 4.07. The molecule has 0 bridgehead atoms. The Morgan fingerprint density at radius 2 is 2.00 bits per heavy atom. The number of carbonyl (C=O) groups is 3. The van der Waals surface area contributed by atoms with Gasteiger partial charge in [-0.1, -0.05) is 18.7 Å². The zero-order valence-corrected chi connectivity index (χ0v) is 17.5. The normalized spacial score (nSPS) is 36.9. The van der Waals surface area contributed by atoms with E-state index in [1.165, 1.54) is 6.92 Å². The Bertz CT molecular complexity index is 808. The van der Waals surface area contributed by atoms with Gasteiger partial charge in [0.15, 0.2) is 12.2 Å². The average Bonchev–Trinajstić information content (AvgIpc) is 3.24. The predicted molar refractivity (Wildman–Crippen MR) is 104 cm³/mol. The highest BCUT2D eigenvalue weighted by atomic mass is 16.7. The molecule has 0 radical (unpaired) electrons. The summed E-state index contributed by atoms with van der Waals surface area (Å²) in [6, 6.07) is 0. The number of ether oxygens (including phenoxy) is 4. The van der Waals surface area contributed by atoms with Crippen LogP contribution in [0.5, 0.6) is 0 Å². The van der Waals surface area contributed by atoms with Crippen molar-refractivity contribution in [3.05, 3.63) is 35.5 Å². The Balaban J connectivity index is 2.08. The number of hydrogen-bond donors (Lipinski definition) is 0. The van der Waals surface area contributed by atoms with Crippen LogP contribution in [0.3, 0.4) is 0 Å². The lowest BCUT2D eigenvalue weighted by Gasteiger charge is -2.33. The van der Waals surface area contributed by atoms with E-state index in [1.807, 2.05) is 19.9 Å². The third-order valence-electron chi connectivity index (χ3n) is 6.00. The molecule has 2 aliphatic heterocycles. The van der Waals surface area contributed by atoms with Crippen LogP contribution in [0.2, 0.25) is 0 Å². The van der Waals surface area contributed by atoms with Crippen LogP contribution in [0.15, 0.2) is 35.5 Å². The van der Waals surface area contributed by atoms with E-state index < -0.39 is 47.7 Å². The molecular formula is C22H28O7. The van der Waals surface area contributed by atoms with E-state index in [0.29, 0.717) is 12.0 Å². The summed E-state index contributed by atoms with van der Waals surface area (Å²) in [7, 11) is 0. The van der Waals surface area contributed by atoms with Crippen molar-refractivity contribution >= 4 is 17.9 Å². The molecule has 0 spiro atoms. The molecule has 3 rings (SSSR count). The van der Waals surface area contributed by atoms with Crippen molar-refractivity contribution in [1.82, 2.24) is 0 Å². The summed E-state index contributed by atoms with van der Waals surface area (Å²) in [6.45, 7) is 12.3. The first-order valence-corrected chi connectivity index (χ1v) is 9.84. The van der Waals surface area contributed by atoms with Gasteiger partial charge in [0.2, 0.25) is 0 Å². The standard InChI is InChI=1S/C22H28O7/c1-7-11(2)20(24)27-17-15-13(4)21(25)28-18(15)19-22(6,29-19)10-8-9-12(3)16(17)26-14(5)23/h7,9,15-19H,4,8,10H2,1-3,5-6H3. The van der Waals surface area contributed by atoms with E-state index in [9.17, 15) is 14.4 Å². The van der Waals surface area contributed by atoms with Gasteiger partial charge in [0.1, 0.15) is 12.2 Å². The van der Waals surface area contributed by atoms with Crippen LogP contribution in [0, 0.1) is 5.92 Å². The summed E-state index contributed by atoms with van der Waals surface area (Å²) in [5, 5.41) is 0. The number of hydrogen-bond acceptors (Lipinski definition) is 7. The second-order valence-electron chi connectivity index (χ2n) is 8.13. The molecule has 0 aromatic carbocycles. The molecule has 29 heavy (non-hydrogen) atoms. The van der Waals surface area contributed by atoms with Crippen molar-refractivity contribution in [2.75, 3.05) is 0 Å². The Morgan fingerprint density at radius 3 is 2.62 bits per heavy atom. The number of epoxide rings is 1. The fraction of sp³-hybridized carbons (Fsp3) is 0.591. The molecule has 2 heterocycles. The van der Waals surface area contributed by atoms with Gasteiger partial charge in [-0.2, -0.15) is 0 Å². The first kappa shape index (κ1) is 21.3. The van der Waals surface area contributed by atoms with Gasteiger partial charge in [-0.25, -0.2) is 9.59 Å². The molecule has 0 aromatic heterocycles. The molecule has 7 nitrogen and oxygen atoms in total. The van der Waals surface area contributed by atoms with Gasteiger partial charge in [-0.05, 0) is 46.1 Å². The topological polar surface area (TPSA) is 91.4 Å². The Hall–Kier alpha value is -2.41. The molecule has 0 N–H and O–H groups in total. The third-order valence-corrected chi connectivity index (χ3v) is 6.00. The molecule has 3 aliphatic rings. The van der Waals surface area contributed by atoms with E-state index >= 15 is 0 Å². The second-order valence-corrected chi connectivity index (χ2v) is 8.13. The average molecular weight is 404 g/mol. The number of esters is 3. The molecule has 2 saturated heterocycles. The summed E-state index contributed by atoms with van der Waals surface area (Å²) < 4.78 is 22.9. The molecule has 2 fully saturated rings. The van der Waals surface area contributed by atoms with Gasteiger partial charge in [0, 0.05) is 18.1 Å². The van der Waals surface area contributed by atoms with E-state index in [0.717, 1.165) is 12.0 Å². The highest BCUT2D eigenvalue weighted by Crippen LogP contribution is 2.50. The molecular weight excluding hydrogens is 376 g/mol. The van der Waals surface area contributed by atoms with Gasteiger partial charge in [0.25, 0.3) is 0 Å². The minimum absolute atomic E-state index is 0.189. The third kappa shape index (κ3) is 4.01. The molecule has 6 unspecified atom stereocenters. The Kier molecular flexibility index (Phi) is 5.72. The maximum Gasteiger partial charge on any atom is 0.334 e. The zero-order valence-electron chi connectivity index (χ0n) is 17.5. The van der Waals surface area contributed by atoms with Crippen LogP contribution in [-0.4, -0.2) is 47.9 Å². The molecule has 7 heteroatoms. The zero-order chi connectivity index (χ0) is 21.5. The Morgan fingerprint density at radius 1 is 1.31 bits per heavy atom. The molecule has 1 aliphatic carbocycles. The lowest BCUT2D eigenvalue weighted by molar-refractivity contribution is -0.166. The summed E-state index contributed by atoms with van der Waals surface area (Å²) in [5.41, 5.74) is 0.913. The number of fused-ring (bicyclic) bond motifs is 3. The summed E-state index contributed by atoms with van der Waals surface area (Å²) in [5.74, 6) is -2.30. The number of allylic oxidation sites excluding steroid dienone is 2. The van der Waals surface area contributed by atoms with Crippen LogP contribution in [0.1, 0.15) is 47.5 Å². The molecule has 0 saturated carbocycles. The smallest absolute Gasteiger partial charge is 0.334 e. The largest absolute Gasteiger partial charge is 0.455 e. The minimum atomic E-state index is -0.965. The van der Waals surface area contributed by atoms with Crippen LogP contribution >= 0.6 is 0 Å². The van der Waals surface area contributed by atoms with Crippen LogP contribution in [-0.2, 0) is 33.3 Å². The van der Waals surface area contributed by atoms with E-state index in [4.69, 9.17) is 18.9 Å². The van der Waals surface area contributed by atoms with E-state index in [-0.39, 0.29) is 11.7 Å². The minimum Gasteiger partial charge on any atom is -0.455 e. The van der Waals surface area contributed by atoms with E-state index in [1.54, 1.807) is 19.9 Å². The predicted octanol–water partition coefficient (Wildman–Crippen LogP) is 2.79. The molecule has 158 valence electrons. The summed E-state index contributed by atoms with van der Waals surface area (Å²) in [4.78, 5) is 36.9. The van der Waals surface area contributed by atoms with Crippen molar-refractivity contribution in [3.8, 4) is 0 Å². The fourth-order valence-electron chi connectivity index (χ4n) is 4.07. The summed E-state index contributed by atoms with van der Waals surface area (Å²) >= 11 is 0. The first-order chi connectivity index (χ1) is 13.6. The van der Waals surface area contributed by atoms with Crippen LogP contribution in [0.25, 0.3) is 0 Å². The first-order valence-electron chi connectivity index (χ1n) is 9.84. The molecule has 0 amide bonds. The van der Waals surface area contributed by atoms with Gasteiger partial charge in [0.05, 0.1) is 11.5 Å². The Labute approximate surface area is 170 Å². The SMILES string of the molecule is C=C1C(=O)OC2C1C(OC(=O)C(C)=CC)C(OC(C)=O)C(C)=CCCC1(C)OC21. The highest BCUT2D eigenvalue weighted by molar-refractivity contribution is 5.92. The lowest BCUT2D eigenvalue weighted by atomic mass is 9.80. The quantitative estimate of drug-likeness (QED) is 0.235. The maximum absolute atomic E-state index is 12.6. The van der Waals surface area contributed by atoms with Crippen molar-refractivity contribution in [2.45, 2.75) is 77.5 Å². The van der Waals surface area contributed by atoms with Gasteiger partial charge in [-0.15, -0.1) is 0 Å². The molecule has 0 aromatic rings. The van der Waals surface area contributed by atoms with Crippen LogP contribution < -0.4 is 0 Å². The van der Waals surface area contributed by atoms with E-state index in [2.05, 4.69) is 6.58 Å². The monoisotopic (exact) mass is 404 g/mol. The highest BCUT2D eigenvalue weighted by Gasteiger charge is 2.64.